The molecule has 3 rings (SSSR count). The Hall–Kier alpha value is -1.42. The topological polar surface area (TPSA) is 45.2 Å². The van der Waals surface area contributed by atoms with E-state index >= 15 is 0 Å². The monoisotopic (exact) mass is 245 g/mol. The van der Waals surface area contributed by atoms with Crippen molar-refractivity contribution in [3.8, 4) is 0 Å². The normalized spacial score (nSPS) is 26.7. The number of nitrogens with zero attached hydrogens (tertiary/aromatic N) is 2. The van der Waals surface area contributed by atoms with E-state index in [9.17, 15) is 4.79 Å². The summed E-state index contributed by atoms with van der Waals surface area (Å²) in [7, 11) is 0. The predicted molar refractivity (Wildman–Crippen MR) is 69.1 cm³/mol. The molecule has 1 N–H and O–H groups in total. The third kappa shape index (κ3) is 2.25. The molecule has 2 fully saturated rings. The molecular formula is C14H19N3O. The zero-order valence-corrected chi connectivity index (χ0v) is 10.5. The van der Waals surface area contributed by atoms with E-state index < -0.39 is 0 Å². The molecule has 2 saturated heterocycles. The lowest BCUT2D eigenvalue weighted by molar-refractivity contribution is -0.127. The summed E-state index contributed by atoms with van der Waals surface area (Å²) in [5, 5.41) is 3.55. The minimum Gasteiger partial charge on any atom is -0.338 e. The summed E-state index contributed by atoms with van der Waals surface area (Å²) in [6.07, 6.45) is 7.67. The SMILES string of the molecule is O=C1CC(NCCc2ccncc2)C2CCCN12. The number of rotatable bonds is 4. The van der Waals surface area contributed by atoms with E-state index in [2.05, 4.69) is 15.2 Å². The van der Waals surface area contributed by atoms with Crippen molar-refractivity contribution < 1.29 is 4.79 Å². The molecule has 96 valence electrons. The second kappa shape index (κ2) is 5.06. The Labute approximate surface area is 107 Å². The first-order chi connectivity index (χ1) is 8.84. The number of aromatic nitrogens is 1. The van der Waals surface area contributed by atoms with Gasteiger partial charge >= 0.3 is 0 Å². The van der Waals surface area contributed by atoms with Crippen LogP contribution in [-0.4, -0.2) is 41.0 Å². The van der Waals surface area contributed by atoms with Gasteiger partial charge in [0.15, 0.2) is 0 Å². The Kier molecular flexibility index (Phi) is 3.28. The quantitative estimate of drug-likeness (QED) is 0.860. The molecule has 1 aromatic rings. The molecule has 2 aliphatic heterocycles. The van der Waals surface area contributed by atoms with Crippen LogP contribution in [0, 0.1) is 0 Å². The Balaban J connectivity index is 1.50. The lowest BCUT2D eigenvalue weighted by atomic mass is 10.1. The Morgan fingerprint density at radius 1 is 1.39 bits per heavy atom. The van der Waals surface area contributed by atoms with E-state index in [1.165, 1.54) is 18.4 Å². The number of pyridine rings is 1. The van der Waals surface area contributed by atoms with Crippen molar-refractivity contribution in [2.24, 2.45) is 0 Å². The molecule has 2 unspecified atom stereocenters. The summed E-state index contributed by atoms with van der Waals surface area (Å²) in [6, 6.07) is 4.91. The van der Waals surface area contributed by atoms with Gasteiger partial charge in [-0.3, -0.25) is 9.78 Å². The number of hydrogen-bond acceptors (Lipinski definition) is 3. The van der Waals surface area contributed by atoms with Crippen molar-refractivity contribution in [1.29, 1.82) is 0 Å². The molecule has 18 heavy (non-hydrogen) atoms. The van der Waals surface area contributed by atoms with Gasteiger partial charge in [0.05, 0.1) is 0 Å². The molecule has 3 heterocycles. The summed E-state index contributed by atoms with van der Waals surface area (Å²) in [5.74, 6) is 0.332. The van der Waals surface area contributed by atoms with Gasteiger partial charge in [0.25, 0.3) is 0 Å². The van der Waals surface area contributed by atoms with Gasteiger partial charge in [-0.1, -0.05) is 0 Å². The third-order valence-electron chi connectivity index (χ3n) is 4.05. The number of carbonyl (C=O) groups is 1. The van der Waals surface area contributed by atoms with Crippen LogP contribution in [0.4, 0.5) is 0 Å². The molecule has 0 aliphatic carbocycles. The van der Waals surface area contributed by atoms with Crippen molar-refractivity contribution in [3.63, 3.8) is 0 Å². The predicted octanol–water partition coefficient (Wildman–Crippen LogP) is 0.977. The molecule has 1 amide bonds. The number of nitrogens with one attached hydrogen (secondary N) is 1. The van der Waals surface area contributed by atoms with Crippen LogP contribution >= 0.6 is 0 Å². The van der Waals surface area contributed by atoms with Gasteiger partial charge in [-0.25, -0.2) is 0 Å². The van der Waals surface area contributed by atoms with Crippen molar-refractivity contribution in [2.75, 3.05) is 13.1 Å². The summed E-state index contributed by atoms with van der Waals surface area (Å²) in [6.45, 7) is 1.90. The molecular weight excluding hydrogens is 226 g/mol. The van der Waals surface area contributed by atoms with E-state index in [1.807, 2.05) is 24.5 Å². The van der Waals surface area contributed by atoms with Crippen molar-refractivity contribution in [2.45, 2.75) is 37.8 Å². The number of fused-ring (bicyclic) bond motifs is 1. The van der Waals surface area contributed by atoms with Gasteiger partial charge in [-0.2, -0.15) is 0 Å². The highest BCUT2D eigenvalue weighted by Crippen LogP contribution is 2.28. The van der Waals surface area contributed by atoms with Gasteiger partial charge in [-0.15, -0.1) is 0 Å². The highest BCUT2D eigenvalue weighted by Gasteiger charge is 2.41. The van der Waals surface area contributed by atoms with Gasteiger partial charge in [0, 0.05) is 37.4 Å². The largest absolute Gasteiger partial charge is 0.338 e. The van der Waals surface area contributed by atoms with Crippen LogP contribution < -0.4 is 5.32 Å². The molecule has 4 heteroatoms. The fourth-order valence-electron chi connectivity index (χ4n) is 3.12. The van der Waals surface area contributed by atoms with Crippen molar-refractivity contribution in [1.82, 2.24) is 15.2 Å². The van der Waals surface area contributed by atoms with Crippen molar-refractivity contribution >= 4 is 5.91 Å². The number of hydrogen-bond donors (Lipinski definition) is 1. The van der Waals surface area contributed by atoms with E-state index in [4.69, 9.17) is 0 Å². The van der Waals surface area contributed by atoms with E-state index in [1.54, 1.807) is 0 Å². The molecule has 0 saturated carbocycles. The standard InChI is InChI=1S/C14H19N3O/c18-14-10-12(13-2-1-9-17(13)14)16-8-5-11-3-6-15-7-4-11/h3-4,6-7,12-13,16H,1-2,5,8-10H2. The lowest BCUT2D eigenvalue weighted by Crippen LogP contribution is -2.40. The molecule has 0 bridgehead atoms. The molecule has 0 aromatic carbocycles. The number of amides is 1. The maximum Gasteiger partial charge on any atom is 0.224 e. The zero-order chi connectivity index (χ0) is 12.4. The minimum atomic E-state index is 0.332. The fourth-order valence-corrected chi connectivity index (χ4v) is 3.12. The molecule has 2 atom stereocenters. The zero-order valence-electron chi connectivity index (χ0n) is 10.5. The molecule has 1 aromatic heterocycles. The summed E-state index contributed by atoms with van der Waals surface area (Å²) < 4.78 is 0. The van der Waals surface area contributed by atoms with E-state index in [0.717, 1.165) is 19.5 Å². The van der Waals surface area contributed by atoms with Crippen LogP contribution in [0.5, 0.6) is 0 Å². The smallest absolute Gasteiger partial charge is 0.224 e. The average molecular weight is 245 g/mol. The Morgan fingerprint density at radius 2 is 2.22 bits per heavy atom. The van der Waals surface area contributed by atoms with Crippen molar-refractivity contribution in [3.05, 3.63) is 30.1 Å². The second-order valence-electron chi connectivity index (χ2n) is 5.17. The third-order valence-corrected chi connectivity index (χ3v) is 4.05. The maximum atomic E-state index is 11.8. The van der Waals surface area contributed by atoms with Gasteiger partial charge in [0.2, 0.25) is 5.91 Å². The molecule has 0 spiro atoms. The average Bonchev–Trinajstić information content (AvgIpc) is 2.97. The highest BCUT2D eigenvalue weighted by atomic mass is 16.2. The fraction of sp³-hybridized carbons (Fsp3) is 0.571. The van der Waals surface area contributed by atoms with Crippen LogP contribution in [0.3, 0.4) is 0 Å². The minimum absolute atomic E-state index is 0.332. The number of carbonyl (C=O) groups excluding carboxylic acids is 1. The van der Waals surface area contributed by atoms with Crippen LogP contribution in [-0.2, 0) is 11.2 Å². The maximum absolute atomic E-state index is 11.8. The lowest BCUT2D eigenvalue weighted by Gasteiger charge is -2.21. The molecule has 4 nitrogen and oxygen atoms in total. The summed E-state index contributed by atoms with van der Waals surface area (Å²) in [4.78, 5) is 17.8. The van der Waals surface area contributed by atoms with Gasteiger partial charge < -0.3 is 10.2 Å². The molecule has 0 radical (unpaired) electrons. The van der Waals surface area contributed by atoms with Crippen LogP contribution in [0.1, 0.15) is 24.8 Å². The Morgan fingerprint density at radius 3 is 3.06 bits per heavy atom. The summed E-state index contributed by atoms with van der Waals surface area (Å²) >= 11 is 0. The van der Waals surface area contributed by atoms with Gasteiger partial charge in [-0.05, 0) is 43.5 Å². The molecule has 2 aliphatic rings. The van der Waals surface area contributed by atoms with Crippen LogP contribution in [0.25, 0.3) is 0 Å². The van der Waals surface area contributed by atoms with Gasteiger partial charge in [0.1, 0.15) is 0 Å². The highest BCUT2D eigenvalue weighted by molar-refractivity contribution is 5.80. The second-order valence-corrected chi connectivity index (χ2v) is 5.17. The summed E-state index contributed by atoms with van der Waals surface area (Å²) in [5.41, 5.74) is 1.30. The van der Waals surface area contributed by atoms with Crippen LogP contribution in [0.2, 0.25) is 0 Å². The van der Waals surface area contributed by atoms with E-state index in [0.29, 0.717) is 24.4 Å². The first-order valence-corrected chi connectivity index (χ1v) is 6.76. The van der Waals surface area contributed by atoms with Crippen LogP contribution in [0.15, 0.2) is 24.5 Å². The first kappa shape index (κ1) is 11.7. The van der Waals surface area contributed by atoms with E-state index in [-0.39, 0.29) is 0 Å². The first-order valence-electron chi connectivity index (χ1n) is 6.76. The Bertz CT molecular complexity index is 420.